The Balaban J connectivity index is 1.29. The summed E-state index contributed by atoms with van der Waals surface area (Å²) < 4.78 is 18.0. The summed E-state index contributed by atoms with van der Waals surface area (Å²) in [7, 11) is 2.98. The summed E-state index contributed by atoms with van der Waals surface area (Å²) in [6.45, 7) is 9.10. The number of allylic oxidation sites excluding steroid dienone is 4. The van der Waals surface area contributed by atoms with Gasteiger partial charge in [-0.05, 0) is 112 Å². The number of halogens is 1. The first-order valence-corrected chi connectivity index (χ1v) is 22.2. The van der Waals surface area contributed by atoms with Crippen LogP contribution in [0, 0.1) is 29.6 Å². The summed E-state index contributed by atoms with van der Waals surface area (Å²) in [5.74, 6) is 0.242. The fourth-order valence-electron chi connectivity index (χ4n) is 10.8. The first-order valence-electron chi connectivity index (χ1n) is 21.4. The minimum Gasteiger partial charge on any atom is -0.439 e. The van der Waals surface area contributed by atoms with Crippen molar-refractivity contribution in [3.8, 4) is 0 Å². The van der Waals surface area contributed by atoms with Crippen molar-refractivity contribution in [2.24, 2.45) is 35.3 Å². The molecule has 2 amide bonds. The molecule has 12 nitrogen and oxygen atoms in total. The van der Waals surface area contributed by atoms with Gasteiger partial charge in [-0.3, -0.25) is 19.3 Å². The molecule has 0 aromatic heterocycles. The van der Waals surface area contributed by atoms with E-state index in [1.807, 2.05) is 13.8 Å². The van der Waals surface area contributed by atoms with Crippen LogP contribution >= 0.6 is 15.9 Å². The Morgan fingerprint density at radius 3 is 2.25 bits per heavy atom. The lowest BCUT2D eigenvalue weighted by molar-refractivity contribution is -0.120. The molecule has 7 rings (SSSR count). The maximum absolute atomic E-state index is 14.4. The van der Waals surface area contributed by atoms with Crippen LogP contribution in [-0.2, 0) is 35.1 Å². The first kappa shape index (κ1) is 45.6. The van der Waals surface area contributed by atoms with Gasteiger partial charge in [-0.25, -0.2) is 4.79 Å². The summed E-state index contributed by atoms with van der Waals surface area (Å²) in [5, 5.41) is 17.7. The predicted molar refractivity (Wildman–Crippen MR) is 233 cm³/mol. The normalized spacial score (nSPS) is 35.0. The fraction of sp³-hybridized carbons (Fsp3) is 0.574. The molecule has 0 radical (unpaired) electrons. The fourth-order valence-corrected chi connectivity index (χ4v) is 11.1. The third kappa shape index (κ3) is 10.8. The van der Waals surface area contributed by atoms with Crippen LogP contribution in [0.1, 0.15) is 84.6 Å². The molecule has 5 N–H and O–H groups in total. The maximum Gasteiger partial charge on any atom is 0.405 e. The number of methoxy groups -OCH3 is 2. The van der Waals surface area contributed by atoms with Crippen LogP contribution in [0.25, 0.3) is 0 Å². The zero-order valence-electron chi connectivity index (χ0n) is 35.9. The monoisotopic (exact) mass is 890 g/mol. The Morgan fingerprint density at radius 2 is 1.65 bits per heavy atom. The number of nitrogens with one attached hydrogen (secondary N) is 2. The van der Waals surface area contributed by atoms with Crippen molar-refractivity contribution in [1.82, 2.24) is 15.5 Å². The molecule has 0 unspecified atom stereocenters. The van der Waals surface area contributed by atoms with Gasteiger partial charge in [0, 0.05) is 67.0 Å². The van der Waals surface area contributed by atoms with E-state index in [0.717, 1.165) is 28.8 Å². The topological polar surface area (TPSA) is 170 Å². The summed E-state index contributed by atoms with van der Waals surface area (Å²) in [6.07, 6.45) is 11.6. The van der Waals surface area contributed by atoms with E-state index in [2.05, 4.69) is 55.7 Å². The molecule has 1 aliphatic heterocycles. The number of ketones is 2. The summed E-state index contributed by atoms with van der Waals surface area (Å²) >= 11 is 3.59. The van der Waals surface area contributed by atoms with E-state index in [1.54, 1.807) is 32.1 Å². The van der Waals surface area contributed by atoms with Gasteiger partial charge in [0.25, 0.3) is 5.91 Å². The van der Waals surface area contributed by atoms with Gasteiger partial charge in [-0.15, -0.1) is 0 Å². The lowest BCUT2D eigenvalue weighted by Gasteiger charge is -2.60. The highest BCUT2D eigenvalue weighted by atomic mass is 79.9. The van der Waals surface area contributed by atoms with Gasteiger partial charge in [0.2, 0.25) is 11.6 Å². The molecule has 13 heteroatoms. The molecule has 1 heterocycles. The molecule has 4 saturated carbocycles. The largest absolute Gasteiger partial charge is 0.439 e. The molecule has 60 heavy (non-hydrogen) atoms. The predicted octanol–water partition coefficient (Wildman–Crippen LogP) is 6.59. The molecule has 6 atom stereocenters. The molecule has 326 valence electrons. The van der Waals surface area contributed by atoms with Gasteiger partial charge >= 0.3 is 6.09 Å². The Bertz CT molecular complexity index is 1900. The number of benzene rings is 1. The van der Waals surface area contributed by atoms with Crippen LogP contribution in [0.5, 0.6) is 0 Å². The van der Waals surface area contributed by atoms with Crippen LogP contribution in [0.2, 0.25) is 0 Å². The number of aliphatic hydroxyl groups excluding tert-OH is 1. The van der Waals surface area contributed by atoms with Gasteiger partial charge in [0.15, 0.2) is 6.10 Å². The number of fused-ring (bicyclic) bond motifs is 2. The van der Waals surface area contributed by atoms with Crippen LogP contribution < -0.4 is 16.4 Å². The van der Waals surface area contributed by atoms with E-state index in [4.69, 9.17) is 19.9 Å². The highest BCUT2D eigenvalue weighted by Gasteiger charge is 2.53. The lowest BCUT2D eigenvalue weighted by Crippen LogP contribution is -2.60. The molecule has 0 saturated heterocycles. The molecule has 4 fully saturated rings. The number of aliphatic hydroxyl groups is 1. The number of nitrogens with zero attached hydrogens (tertiary/aromatic N) is 1. The molecule has 6 bridgehead atoms. The average molecular weight is 892 g/mol. The standard InChI is InChI=1S/C47H63BrN4O8/c1-27-16-36-41(50-14-15-52(26-31-10-12-35(48)13-11-31)47-23-32-19-33(24-47)21-34(20-32)25-47)38(53)22-37(43(36)55)51-45(56)28(2)8-7-9-39(58-5)44(60-46(49)57)30(4)18-29(3)42(54)40(17-27)59-6/h7-13,18,22,27,29,32-34,39-40,42,44,50,54H,14-17,19-21,23-26H2,1-6H3,(H2,49,57)(H,51,56)/b9-7-,28-8+,30-18+/t27-,29+,32?,33?,34?,39+,40+,42-,44+,47?/m1/s1. The molecular weight excluding hydrogens is 828 g/mol. The SMILES string of the molecule is CO[C@H]1/C=C\C=C(/C)C(=O)NC2=CC(=O)C(NCCN(Cc3ccc(Br)cc3)C34CC5CC(CC(C5)C3)C4)=C(C[C@@H](C)C[C@H](OC)[C@H](O)[C@@H](C)/C=C(\C)[C@@H]1OC(N)=O)C2=O. The Hall–Kier alpha value is -3.88. The summed E-state index contributed by atoms with van der Waals surface area (Å²) in [4.78, 5) is 56.5. The minimum atomic E-state index is -0.994. The van der Waals surface area contributed by atoms with E-state index in [0.29, 0.717) is 30.7 Å². The van der Waals surface area contributed by atoms with Gasteiger partial charge < -0.3 is 35.7 Å². The lowest BCUT2D eigenvalue weighted by atomic mass is 9.52. The highest BCUT2D eigenvalue weighted by Crippen LogP contribution is 2.58. The number of carbonyl (C=O) groups excluding carboxylic acids is 4. The third-order valence-corrected chi connectivity index (χ3v) is 14.0. The zero-order chi connectivity index (χ0) is 43.3. The number of carbonyl (C=O) groups is 4. The third-order valence-electron chi connectivity index (χ3n) is 13.4. The maximum atomic E-state index is 14.4. The van der Waals surface area contributed by atoms with Crippen molar-refractivity contribution in [1.29, 1.82) is 0 Å². The van der Waals surface area contributed by atoms with Crippen LogP contribution in [0.3, 0.4) is 0 Å². The number of nitrogens with two attached hydrogens (primary N) is 1. The Labute approximate surface area is 363 Å². The number of rotatable bonds is 10. The molecule has 6 aliphatic rings. The van der Waals surface area contributed by atoms with Crippen molar-refractivity contribution < 1.29 is 38.5 Å². The van der Waals surface area contributed by atoms with Crippen molar-refractivity contribution >= 4 is 39.5 Å². The van der Waals surface area contributed by atoms with Crippen LogP contribution in [-0.4, -0.2) is 90.8 Å². The van der Waals surface area contributed by atoms with Crippen molar-refractivity contribution in [2.45, 2.75) is 116 Å². The van der Waals surface area contributed by atoms with Crippen molar-refractivity contribution in [2.75, 3.05) is 27.3 Å². The van der Waals surface area contributed by atoms with E-state index < -0.39 is 48.1 Å². The van der Waals surface area contributed by atoms with E-state index in [1.165, 1.54) is 70.5 Å². The molecule has 1 aromatic carbocycles. The van der Waals surface area contributed by atoms with Crippen LogP contribution in [0.15, 0.2) is 87.2 Å². The van der Waals surface area contributed by atoms with Gasteiger partial charge in [0.1, 0.15) is 6.10 Å². The number of Topliss-reactive ketones (excluding diaryl/α,β-unsaturated/α-hetero) is 1. The van der Waals surface area contributed by atoms with Crippen molar-refractivity contribution in [3.05, 3.63) is 92.8 Å². The summed E-state index contributed by atoms with van der Waals surface area (Å²) in [5.41, 5.74) is 8.09. The van der Waals surface area contributed by atoms with Gasteiger partial charge in [-0.2, -0.15) is 0 Å². The van der Waals surface area contributed by atoms with Gasteiger partial charge in [0.05, 0.1) is 23.6 Å². The second kappa shape index (κ2) is 19.9. The van der Waals surface area contributed by atoms with E-state index in [9.17, 15) is 24.3 Å². The Kier molecular flexibility index (Phi) is 15.1. The van der Waals surface area contributed by atoms with Crippen molar-refractivity contribution in [3.63, 3.8) is 0 Å². The minimum absolute atomic E-state index is 0.0979. The number of hydrogen-bond donors (Lipinski definition) is 4. The number of hydrogen-bond acceptors (Lipinski definition) is 10. The molecular formula is C47H63BrN4O8. The molecule has 5 aliphatic carbocycles. The number of primary amides is 1. The quantitative estimate of drug-likeness (QED) is 0.149. The number of amides is 2. The first-order chi connectivity index (χ1) is 28.6. The van der Waals surface area contributed by atoms with E-state index >= 15 is 0 Å². The highest BCUT2D eigenvalue weighted by molar-refractivity contribution is 9.10. The number of ether oxygens (including phenoxy) is 3. The molecule has 0 spiro atoms. The second-order valence-corrected chi connectivity index (χ2v) is 19.0. The van der Waals surface area contributed by atoms with E-state index in [-0.39, 0.29) is 40.6 Å². The van der Waals surface area contributed by atoms with Crippen LogP contribution in [0.4, 0.5) is 4.79 Å². The zero-order valence-corrected chi connectivity index (χ0v) is 37.5. The average Bonchev–Trinajstić information content (AvgIpc) is 3.19. The Morgan fingerprint density at radius 1 is 1.00 bits per heavy atom. The second-order valence-electron chi connectivity index (χ2n) is 18.0. The summed E-state index contributed by atoms with van der Waals surface area (Å²) in [6, 6.07) is 8.52. The van der Waals surface area contributed by atoms with Gasteiger partial charge in [-0.1, -0.05) is 66.2 Å². The molecule has 1 aromatic rings. The smallest absolute Gasteiger partial charge is 0.405 e.